The molecule has 20 heavy (non-hydrogen) atoms. The average Bonchev–Trinajstić information content (AvgIpc) is 2.92. The van der Waals surface area contributed by atoms with Gasteiger partial charge in [0.25, 0.3) is 0 Å². The van der Waals surface area contributed by atoms with Gasteiger partial charge in [0.2, 0.25) is 10.0 Å². The lowest BCUT2D eigenvalue weighted by molar-refractivity contribution is 0.0680. The van der Waals surface area contributed by atoms with Gasteiger partial charge in [-0.25, -0.2) is 17.1 Å². The molecule has 0 radical (unpaired) electrons. The lowest BCUT2D eigenvalue weighted by Crippen LogP contribution is -2.34. The Morgan fingerprint density at radius 2 is 1.95 bits per heavy atom. The lowest BCUT2D eigenvalue weighted by atomic mass is 10.00. The number of hydrogen-bond acceptors (Lipinski definition) is 3. The summed E-state index contributed by atoms with van der Waals surface area (Å²) in [6.45, 7) is 0.568. The van der Waals surface area contributed by atoms with Crippen molar-refractivity contribution < 1.29 is 17.9 Å². The van der Waals surface area contributed by atoms with Gasteiger partial charge in [-0.15, -0.1) is 0 Å². The second kappa shape index (κ2) is 5.09. The molecule has 2 fully saturated rings. The number of benzene rings is 1. The van der Waals surface area contributed by atoms with Crippen molar-refractivity contribution in [2.75, 3.05) is 13.1 Å². The largest absolute Gasteiger partial charge is 0.390 e. The zero-order chi connectivity index (χ0) is 14.3. The van der Waals surface area contributed by atoms with Crippen LogP contribution >= 0.6 is 0 Å². The van der Waals surface area contributed by atoms with E-state index >= 15 is 0 Å². The fourth-order valence-electron chi connectivity index (χ4n) is 3.29. The Balaban J connectivity index is 1.72. The first-order valence-corrected chi connectivity index (χ1v) is 8.42. The predicted octanol–water partition coefficient (Wildman–Crippen LogP) is 1.17. The second-order valence-corrected chi connectivity index (χ2v) is 7.69. The van der Waals surface area contributed by atoms with Crippen LogP contribution in [-0.2, 0) is 15.8 Å². The van der Waals surface area contributed by atoms with E-state index in [1.54, 1.807) is 24.3 Å². The van der Waals surface area contributed by atoms with Gasteiger partial charge in [0.05, 0.1) is 11.9 Å². The predicted molar refractivity (Wildman–Crippen MR) is 73.1 cm³/mol. The second-order valence-electron chi connectivity index (χ2n) is 5.73. The molecule has 3 rings (SSSR count). The van der Waals surface area contributed by atoms with Crippen molar-refractivity contribution in [1.29, 1.82) is 0 Å². The summed E-state index contributed by atoms with van der Waals surface area (Å²) in [6.07, 6.45) is -1.95. The van der Waals surface area contributed by atoms with E-state index in [4.69, 9.17) is 0 Å². The smallest absolute Gasteiger partial charge is 0.218 e. The minimum absolute atomic E-state index is 0.0393. The number of nitrogens with zero attached hydrogens (tertiary/aromatic N) is 1. The van der Waals surface area contributed by atoms with E-state index < -0.39 is 22.3 Å². The van der Waals surface area contributed by atoms with Gasteiger partial charge in [0, 0.05) is 19.0 Å². The van der Waals surface area contributed by atoms with E-state index in [1.807, 2.05) is 6.07 Å². The molecule has 2 aliphatic rings. The molecule has 0 aromatic heterocycles. The van der Waals surface area contributed by atoms with E-state index in [0.29, 0.717) is 6.54 Å². The van der Waals surface area contributed by atoms with Gasteiger partial charge in [-0.3, -0.25) is 0 Å². The van der Waals surface area contributed by atoms with Gasteiger partial charge in [-0.05, 0) is 17.9 Å². The van der Waals surface area contributed by atoms with Gasteiger partial charge >= 0.3 is 0 Å². The Hall–Kier alpha value is -0.980. The number of aliphatic hydroxyl groups is 1. The number of halogens is 1. The maximum Gasteiger partial charge on any atom is 0.218 e. The topological polar surface area (TPSA) is 57.6 Å². The summed E-state index contributed by atoms with van der Waals surface area (Å²) in [5, 5.41) is 9.74. The third-order valence-electron chi connectivity index (χ3n) is 4.38. The molecule has 1 saturated heterocycles. The SMILES string of the molecule is O=S(=O)(Cc1ccccc1)N1C[C@H]2C[C@@H](F)[C@@H](O)[C@H]2C1. The van der Waals surface area contributed by atoms with Crippen molar-refractivity contribution in [1.82, 2.24) is 4.31 Å². The maximum atomic E-state index is 13.4. The highest BCUT2D eigenvalue weighted by atomic mass is 32.2. The number of rotatable bonds is 3. The van der Waals surface area contributed by atoms with Crippen molar-refractivity contribution in [3.8, 4) is 0 Å². The molecule has 0 unspecified atom stereocenters. The van der Waals surface area contributed by atoms with Crippen LogP contribution in [0.4, 0.5) is 4.39 Å². The van der Waals surface area contributed by atoms with Crippen LogP contribution in [0.5, 0.6) is 0 Å². The first-order valence-electron chi connectivity index (χ1n) is 6.81. The molecule has 1 aromatic rings. The summed E-state index contributed by atoms with van der Waals surface area (Å²) < 4.78 is 39.5. The van der Waals surface area contributed by atoms with Crippen LogP contribution < -0.4 is 0 Å². The van der Waals surface area contributed by atoms with Crippen molar-refractivity contribution >= 4 is 10.0 Å². The zero-order valence-electron chi connectivity index (χ0n) is 11.0. The van der Waals surface area contributed by atoms with Crippen molar-refractivity contribution in [2.45, 2.75) is 24.4 Å². The maximum absolute atomic E-state index is 13.4. The molecule has 1 aromatic carbocycles. The Morgan fingerprint density at radius 1 is 1.25 bits per heavy atom. The van der Waals surface area contributed by atoms with Gasteiger partial charge < -0.3 is 5.11 Å². The highest BCUT2D eigenvalue weighted by Crippen LogP contribution is 2.40. The minimum Gasteiger partial charge on any atom is -0.390 e. The quantitative estimate of drug-likeness (QED) is 0.911. The first-order chi connectivity index (χ1) is 9.47. The minimum atomic E-state index is -3.40. The highest BCUT2D eigenvalue weighted by molar-refractivity contribution is 7.88. The Labute approximate surface area is 118 Å². The Kier molecular flexibility index (Phi) is 3.56. The third-order valence-corrected chi connectivity index (χ3v) is 6.16. The highest BCUT2D eigenvalue weighted by Gasteiger charge is 2.50. The van der Waals surface area contributed by atoms with Gasteiger partial charge in [0.1, 0.15) is 6.17 Å². The van der Waals surface area contributed by atoms with E-state index in [-0.39, 0.29) is 30.6 Å². The van der Waals surface area contributed by atoms with Crippen LogP contribution in [0.25, 0.3) is 0 Å². The molecular weight excluding hydrogens is 281 g/mol. The van der Waals surface area contributed by atoms with E-state index in [9.17, 15) is 17.9 Å². The van der Waals surface area contributed by atoms with Crippen LogP contribution in [0.2, 0.25) is 0 Å². The summed E-state index contributed by atoms with van der Waals surface area (Å²) in [4.78, 5) is 0. The van der Waals surface area contributed by atoms with E-state index in [1.165, 1.54) is 4.31 Å². The first kappa shape index (κ1) is 14.0. The monoisotopic (exact) mass is 299 g/mol. The molecule has 1 aliphatic heterocycles. The Bertz CT molecular complexity index is 577. The summed E-state index contributed by atoms with van der Waals surface area (Å²) in [7, 11) is -3.40. The molecule has 1 aliphatic carbocycles. The standard InChI is InChI=1S/C14H18FNO3S/c15-13-6-11-7-16(8-12(11)14(13)17)20(18,19)9-10-4-2-1-3-5-10/h1-5,11-14,17H,6-9H2/t11-,12+,13-,14+/m1/s1. The average molecular weight is 299 g/mol. The fourth-order valence-corrected chi connectivity index (χ4v) is 4.91. The normalized spacial score (nSPS) is 34.3. The van der Waals surface area contributed by atoms with Crippen LogP contribution in [0, 0.1) is 11.8 Å². The molecule has 0 bridgehead atoms. The zero-order valence-corrected chi connectivity index (χ0v) is 11.8. The van der Waals surface area contributed by atoms with Crippen LogP contribution in [0.1, 0.15) is 12.0 Å². The fraction of sp³-hybridized carbons (Fsp3) is 0.571. The van der Waals surface area contributed by atoms with Crippen LogP contribution in [0.15, 0.2) is 30.3 Å². The summed E-state index contributed by atoms with van der Waals surface area (Å²) in [5.74, 6) is -0.344. The van der Waals surface area contributed by atoms with E-state index in [2.05, 4.69) is 0 Å². The molecule has 1 heterocycles. The van der Waals surface area contributed by atoms with Crippen molar-refractivity contribution in [2.24, 2.45) is 11.8 Å². The van der Waals surface area contributed by atoms with E-state index in [0.717, 1.165) is 5.56 Å². The molecule has 110 valence electrons. The molecule has 0 spiro atoms. The number of aliphatic hydroxyl groups excluding tert-OH is 1. The summed E-state index contributed by atoms with van der Waals surface area (Å²) in [6, 6.07) is 9.01. The van der Waals surface area contributed by atoms with Crippen LogP contribution in [0.3, 0.4) is 0 Å². The number of sulfonamides is 1. The Morgan fingerprint density at radius 3 is 2.60 bits per heavy atom. The van der Waals surface area contributed by atoms with Crippen molar-refractivity contribution in [3.63, 3.8) is 0 Å². The van der Waals surface area contributed by atoms with Crippen LogP contribution in [-0.4, -0.2) is 43.2 Å². The molecule has 4 nitrogen and oxygen atoms in total. The molecule has 1 saturated carbocycles. The third kappa shape index (κ3) is 2.47. The molecule has 4 atom stereocenters. The number of fused-ring (bicyclic) bond motifs is 1. The lowest BCUT2D eigenvalue weighted by Gasteiger charge is -2.19. The molecule has 1 N–H and O–H groups in total. The number of hydrogen-bond donors (Lipinski definition) is 1. The van der Waals surface area contributed by atoms with Crippen molar-refractivity contribution in [3.05, 3.63) is 35.9 Å². The molecular formula is C14H18FNO3S. The molecule has 0 amide bonds. The van der Waals surface area contributed by atoms with Gasteiger partial charge in [0.15, 0.2) is 0 Å². The molecule has 6 heteroatoms. The van der Waals surface area contributed by atoms with Gasteiger partial charge in [-0.1, -0.05) is 30.3 Å². The summed E-state index contributed by atoms with van der Waals surface area (Å²) in [5.41, 5.74) is 0.744. The van der Waals surface area contributed by atoms with Gasteiger partial charge in [-0.2, -0.15) is 0 Å². The number of alkyl halides is 1. The summed E-state index contributed by atoms with van der Waals surface area (Å²) >= 11 is 0.